The quantitative estimate of drug-likeness (QED) is 0.750. The Hall–Kier alpha value is -3.13. The van der Waals surface area contributed by atoms with Gasteiger partial charge in [-0.05, 0) is 30.7 Å². The zero-order chi connectivity index (χ0) is 14.8. The maximum absolute atomic E-state index is 9.26. The minimum atomic E-state index is 0.305. The van der Waals surface area contributed by atoms with Crippen LogP contribution in [0.1, 0.15) is 11.1 Å². The van der Waals surface area contributed by atoms with Crippen LogP contribution in [0.5, 0.6) is 0 Å². The molecule has 3 aromatic rings. The number of anilines is 3. The van der Waals surface area contributed by atoms with E-state index >= 15 is 0 Å². The van der Waals surface area contributed by atoms with E-state index in [9.17, 15) is 5.26 Å². The van der Waals surface area contributed by atoms with Crippen molar-refractivity contribution in [1.29, 1.82) is 5.26 Å². The molecule has 3 N–H and O–H groups in total. The molecule has 0 atom stereocenters. The Kier molecular flexibility index (Phi) is 3.13. The molecule has 0 amide bonds. The largest absolute Gasteiger partial charge is 0.381 e. The summed E-state index contributed by atoms with van der Waals surface area (Å²) in [6.07, 6.45) is 0. The maximum Gasteiger partial charge on any atom is 0.174 e. The highest BCUT2D eigenvalue weighted by atomic mass is 15.1. The number of nitrogens with one attached hydrogen (secondary N) is 1. The molecule has 0 aliphatic carbocycles. The summed E-state index contributed by atoms with van der Waals surface area (Å²) < 4.78 is 0. The van der Waals surface area contributed by atoms with Gasteiger partial charge in [0.15, 0.2) is 11.6 Å². The number of nitrogens with zero attached hydrogens (tertiary/aromatic N) is 3. The number of fused-ring (bicyclic) bond motifs is 1. The van der Waals surface area contributed by atoms with Crippen molar-refractivity contribution in [3.63, 3.8) is 0 Å². The fourth-order valence-electron chi connectivity index (χ4n) is 2.15. The number of aromatic nitrogens is 2. The van der Waals surface area contributed by atoms with Crippen LogP contribution in [0.25, 0.3) is 11.0 Å². The Morgan fingerprint density at radius 1 is 1.05 bits per heavy atom. The first-order valence-corrected chi connectivity index (χ1v) is 6.48. The summed E-state index contributed by atoms with van der Waals surface area (Å²) in [4.78, 5) is 8.79. The van der Waals surface area contributed by atoms with Gasteiger partial charge in [0, 0.05) is 0 Å². The van der Waals surface area contributed by atoms with Crippen molar-refractivity contribution < 1.29 is 0 Å². The van der Waals surface area contributed by atoms with Gasteiger partial charge in [-0.2, -0.15) is 5.26 Å². The van der Waals surface area contributed by atoms with Gasteiger partial charge >= 0.3 is 0 Å². The first-order chi connectivity index (χ1) is 10.2. The predicted octanol–water partition coefficient (Wildman–Crippen LogP) is 3.14. The molecule has 5 nitrogen and oxygen atoms in total. The van der Waals surface area contributed by atoms with E-state index in [0.717, 1.165) is 16.6 Å². The first kappa shape index (κ1) is 12.9. The maximum atomic E-state index is 9.26. The molecule has 102 valence electrons. The van der Waals surface area contributed by atoms with Crippen LogP contribution in [0.3, 0.4) is 0 Å². The molecule has 0 unspecified atom stereocenters. The molecule has 2 aromatic carbocycles. The first-order valence-electron chi connectivity index (χ1n) is 6.48. The second-order valence-electron chi connectivity index (χ2n) is 4.68. The third kappa shape index (κ3) is 2.35. The molecular weight excluding hydrogens is 262 g/mol. The van der Waals surface area contributed by atoms with Gasteiger partial charge in [0.05, 0.1) is 22.3 Å². The highest BCUT2D eigenvalue weighted by molar-refractivity contribution is 5.81. The second-order valence-corrected chi connectivity index (χ2v) is 4.68. The minimum Gasteiger partial charge on any atom is -0.381 e. The molecule has 21 heavy (non-hydrogen) atoms. The molecule has 0 spiro atoms. The molecule has 1 aromatic heterocycles. The van der Waals surface area contributed by atoms with Gasteiger partial charge in [0.2, 0.25) is 0 Å². The van der Waals surface area contributed by atoms with E-state index in [0.29, 0.717) is 22.9 Å². The van der Waals surface area contributed by atoms with E-state index in [1.54, 1.807) is 0 Å². The van der Waals surface area contributed by atoms with Crippen LogP contribution in [-0.4, -0.2) is 9.97 Å². The summed E-state index contributed by atoms with van der Waals surface area (Å²) in [5, 5.41) is 12.4. The van der Waals surface area contributed by atoms with Crippen LogP contribution >= 0.6 is 0 Å². The fraction of sp³-hybridized carbons (Fsp3) is 0.0625. The van der Waals surface area contributed by atoms with Crippen molar-refractivity contribution in [3.8, 4) is 6.07 Å². The normalized spacial score (nSPS) is 10.3. The molecule has 0 radical (unpaired) electrons. The average molecular weight is 275 g/mol. The summed E-state index contributed by atoms with van der Waals surface area (Å²) >= 11 is 0. The molecule has 1 heterocycles. The molecule has 0 aliphatic rings. The number of rotatable bonds is 2. The third-order valence-corrected chi connectivity index (χ3v) is 3.24. The standard InChI is InChI=1S/C16H13N5/c1-10-5-4-8-12(11(10)9-17)20-16-15(18)19-13-6-2-3-7-14(13)21-16/h2-8H,1H3,(H2,18,19)(H,20,21). The lowest BCUT2D eigenvalue weighted by Crippen LogP contribution is -2.04. The lowest BCUT2D eigenvalue weighted by atomic mass is 10.1. The van der Waals surface area contributed by atoms with Gasteiger partial charge in [0.25, 0.3) is 0 Å². The third-order valence-electron chi connectivity index (χ3n) is 3.24. The van der Waals surface area contributed by atoms with Gasteiger partial charge in [0.1, 0.15) is 6.07 Å². The van der Waals surface area contributed by atoms with Gasteiger partial charge in [-0.25, -0.2) is 9.97 Å². The summed E-state index contributed by atoms with van der Waals surface area (Å²) in [5.74, 6) is 0.759. The second kappa shape index (κ2) is 5.10. The zero-order valence-electron chi connectivity index (χ0n) is 11.5. The SMILES string of the molecule is Cc1cccc(Nc2nc3ccccc3nc2N)c1C#N. The van der Waals surface area contributed by atoms with Crippen molar-refractivity contribution in [2.45, 2.75) is 6.92 Å². The van der Waals surface area contributed by atoms with Crippen LogP contribution in [0.2, 0.25) is 0 Å². The van der Waals surface area contributed by atoms with Crippen molar-refractivity contribution >= 4 is 28.4 Å². The van der Waals surface area contributed by atoms with Gasteiger partial charge in [-0.15, -0.1) is 0 Å². The van der Waals surface area contributed by atoms with Gasteiger partial charge in [-0.3, -0.25) is 0 Å². The highest BCUT2D eigenvalue weighted by Crippen LogP contribution is 2.26. The van der Waals surface area contributed by atoms with Crippen LogP contribution in [0.15, 0.2) is 42.5 Å². The van der Waals surface area contributed by atoms with Crippen molar-refractivity contribution in [2.75, 3.05) is 11.1 Å². The fourth-order valence-corrected chi connectivity index (χ4v) is 2.15. The summed E-state index contributed by atoms with van der Waals surface area (Å²) in [6, 6.07) is 15.3. The van der Waals surface area contributed by atoms with Crippen molar-refractivity contribution in [3.05, 3.63) is 53.6 Å². The van der Waals surface area contributed by atoms with Crippen LogP contribution < -0.4 is 11.1 Å². The van der Waals surface area contributed by atoms with E-state index < -0.39 is 0 Å². The summed E-state index contributed by atoms with van der Waals surface area (Å²) in [7, 11) is 0. The van der Waals surface area contributed by atoms with Crippen LogP contribution in [0, 0.1) is 18.3 Å². The molecule has 0 saturated heterocycles. The molecule has 0 aliphatic heterocycles. The summed E-state index contributed by atoms with van der Waals surface area (Å²) in [6.45, 7) is 1.89. The van der Waals surface area contributed by atoms with E-state index in [1.807, 2.05) is 49.4 Å². The molecule has 3 rings (SSSR count). The number of nitriles is 1. The number of aryl methyl sites for hydroxylation is 1. The number of nitrogens with two attached hydrogens (primary N) is 1. The zero-order valence-corrected chi connectivity index (χ0v) is 11.5. The van der Waals surface area contributed by atoms with E-state index in [2.05, 4.69) is 21.4 Å². The molecule has 0 fully saturated rings. The Morgan fingerprint density at radius 2 is 1.76 bits per heavy atom. The van der Waals surface area contributed by atoms with Crippen LogP contribution in [-0.2, 0) is 0 Å². The van der Waals surface area contributed by atoms with Gasteiger partial charge < -0.3 is 11.1 Å². The molecule has 0 bridgehead atoms. The lowest BCUT2D eigenvalue weighted by molar-refractivity contribution is 1.28. The minimum absolute atomic E-state index is 0.305. The Morgan fingerprint density at radius 3 is 2.48 bits per heavy atom. The van der Waals surface area contributed by atoms with E-state index in [1.165, 1.54) is 0 Å². The smallest absolute Gasteiger partial charge is 0.174 e. The number of benzene rings is 2. The summed E-state index contributed by atoms with van der Waals surface area (Å²) in [5.41, 5.74) is 9.58. The molecule has 0 saturated carbocycles. The highest BCUT2D eigenvalue weighted by Gasteiger charge is 2.10. The predicted molar refractivity (Wildman–Crippen MR) is 83.1 cm³/mol. The van der Waals surface area contributed by atoms with E-state index in [4.69, 9.17) is 5.73 Å². The van der Waals surface area contributed by atoms with Crippen molar-refractivity contribution in [2.24, 2.45) is 0 Å². The number of para-hydroxylation sites is 2. The number of nitrogen functional groups attached to an aromatic ring is 1. The van der Waals surface area contributed by atoms with Crippen LogP contribution in [0.4, 0.5) is 17.3 Å². The number of hydrogen-bond donors (Lipinski definition) is 2. The number of hydrogen-bond acceptors (Lipinski definition) is 5. The molecule has 5 heteroatoms. The monoisotopic (exact) mass is 275 g/mol. The topological polar surface area (TPSA) is 87.6 Å². The lowest BCUT2D eigenvalue weighted by Gasteiger charge is -2.11. The van der Waals surface area contributed by atoms with Crippen molar-refractivity contribution in [1.82, 2.24) is 9.97 Å². The Bertz CT molecular complexity index is 864. The average Bonchev–Trinajstić information content (AvgIpc) is 2.48. The Balaban J connectivity index is 2.08. The van der Waals surface area contributed by atoms with E-state index in [-0.39, 0.29) is 0 Å². The molecular formula is C16H13N5. The van der Waals surface area contributed by atoms with Gasteiger partial charge in [-0.1, -0.05) is 24.3 Å². The Labute approximate surface area is 122 Å².